The average Bonchev–Trinajstić information content (AvgIpc) is 3.31. The number of anilines is 1. The number of ether oxygens (including phenoxy) is 3. The summed E-state index contributed by atoms with van der Waals surface area (Å²) in [6.45, 7) is 6.81. The van der Waals surface area contributed by atoms with Crippen molar-refractivity contribution in [1.29, 1.82) is 5.26 Å². The molecule has 0 aliphatic carbocycles. The lowest BCUT2D eigenvalue weighted by atomic mass is 10.1. The Bertz CT molecular complexity index is 1240. The Labute approximate surface area is 213 Å². The van der Waals surface area contributed by atoms with Crippen molar-refractivity contribution in [3.05, 3.63) is 63.6 Å². The van der Waals surface area contributed by atoms with Gasteiger partial charge in [0.1, 0.15) is 35.6 Å². The van der Waals surface area contributed by atoms with E-state index in [2.05, 4.69) is 15.5 Å². The molecule has 0 saturated heterocycles. The molecule has 1 aromatic heterocycles. The molecule has 0 unspecified atom stereocenters. The van der Waals surface area contributed by atoms with Crippen LogP contribution in [0.5, 0.6) is 17.2 Å². The molecule has 1 amide bonds. The molecule has 1 N–H and O–H groups in total. The summed E-state index contributed by atoms with van der Waals surface area (Å²) < 4.78 is 17.1. The summed E-state index contributed by atoms with van der Waals surface area (Å²) >= 11 is 7.37. The highest BCUT2D eigenvalue weighted by Crippen LogP contribution is 2.30. The van der Waals surface area contributed by atoms with E-state index in [1.54, 1.807) is 30.3 Å². The number of halogens is 1. The predicted molar refractivity (Wildman–Crippen MR) is 136 cm³/mol. The first kappa shape index (κ1) is 26.0. The summed E-state index contributed by atoms with van der Waals surface area (Å²) in [7, 11) is 0. The fourth-order valence-electron chi connectivity index (χ4n) is 2.87. The molecule has 0 aliphatic heterocycles. The van der Waals surface area contributed by atoms with Gasteiger partial charge in [0.25, 0.3) is 5.91 Å². The molecule has 0 bridgehead atoms. The van der Waals surface area contributed by atoms with E-state index in [1.807, 2.05) is 39.0 Å². The molecular weight excluding hydrogens is 488 g/mol. The Morgan fingerprint density at radius 1 is 1.11 bits per heavy atom. The zero-order valence-electron chi connectivity index (χ0n) is 19.6. The lowest BCUT2D eigenvalue weighted by Crippen LogP contribution is -2.13. The summed E-state index contributed by atoms with van der Waals surface area (Å²) in [4.78, 5) is 12.6. The number of aromatic nitrogens is 2. The highest BCUT2D eigenvalue weighted by atomic mass is 35.5. The standard InChI is InChI=1S/C25H25ClN4O4S/c1-4-32-22-14-17(9-10-21(22)34-12-11-33-20-8-6-5-7-19(20)26)13-18(15-27)23(31)28-25-30-29-24(35-25)16(2)3/h5-10,13-14,16H,4,11-12H2,1-3H3,(H,28,30,31). The first-order valence-electron chi connectivity index (χ1n) is 10.9. The Hall–Kier alpha value is -3.61. The van der Waals surface area contributed by atoms with Gasteiger partial charge in [-0.25, -0.2) is 0 Å². The number of nitrogens with zero attached hydrogens (tertiary/aromatic N) is 3. The summed E-state index contributed by atoms with van der Waals surface area (Å²) in [5.74, 6) is 1.23. The first-order valence-corrected chi connectivity index (χ1v) is 12.1. The van der Waals surface area contributed by atoms with Crippen molar-refractivity contribution >= 4 is 40.1 Å². The smallest absolute Gasteiger partial charge is 0.268 e. The van der Waals surface area contributed by atoms with Crippen LogP contribution in [0.1, 0.15) is 37.3 Å². The predicted octanol–water partition coefficient (Wildman–Crippen LogP) is 5.72. The quantitative estimate of drug-likeness (QED) is 0.199. The van der Waals surface area contributed by atoms with E-state index in [4.69, 9.17) is 25.8 Å². The Morgan fingerprint density at radius 2 is 1.86 bits per heavy atom. The van der Waals surface area contributed by atoms with Crippen LogP contribution in [-0.2, 0) is 4.79 Å². The Balaban J connectivity index is 1.66. The van der Waals surface area contributed by atoms with Crippen molar-refractivity contribution in [2.24, 2.45) is 0 Å². The van der Waals surface area contributed by atoms with Crippen molar-refractivity contribution in [3.8, 4) is 23.3 Å². The van der Waals surface area contributed by atoms with Crippen LogP contribution in [0.2, 0.25) is 5.02 Å². The summed E-state index contributed by atoms with van der Waals surface area (Å²) in [5.41, 5.74) is 0.538. The number of hydrogen-bond acceptors (Lipinski definition) is 8. The van der Waals surface area contributed by atoms with Crippen LogP contribution < -0.4 is 19.5 Å². The third-order valence-corrected chi connectivity index (χ3v) is 5.99. The minimum absolute atomic E-state index is 0.0736. The summed E-state index contributed by atoms with van der Waals surface area (Å²) in [6, 6.07) is 14.3. The molecule has 35 heavy (non-hydrogen) atoms. The second-order valence-corrected chi connectivity index (χ2v) is 8.91. The SMILES string of the molecule is CCOc1cc(C=C(C#N)C(=O)Nc2nnc(C(C)C)s2)ccc1OCCOc1ccccc1Cl. The van der Waals surface area contributed by atoms with E-state index in [0.29, 0.717) is 46.2 Å². The normalized spacial score (nSPS) is 11.1. The van der Waals surface area contributed by atoms with Crippen molar-refractivity contribution in [3.63, 3.8) is 0 Å². The van der Waals surface area contributed by atoms with Gasteiger partial charge in [-0.3, -0.25) is 10.1 Å². The second kappa shape index (κ2) is 12.7. The summed E-state index contributed by atoms with van der Waals surface area (Å²) in [5, 5.41) is 21.8. The summed E-state index contributed by atoms with van der Waals surface area (Å²) in [6.07, 6.45) is 1.48. The number of para-hydroxylation sites is 1. The van der Waals surface area contributed by atoms with Gasteiger partial charge in [0.15, 0.2) is 11.5 Å². The Morgan fingerprint density at radius 3 is 2.51 bits per heavy atom. The van der Waals surface area contributed by atoms with Crippen molar-refractivity contribution in [1.82, 2.24) is 10.2 Å². The van der Waals surface area contributed by atoms with E-state index < -0.39 is 5.91 Å². The molecule has 3 rings (SSSR count). The zero-order valence-corrected chi connectivity index (χ0v) is 21.2. The number of carbonyl (C=O) groups is 1. The monoisotopic (exact) mass is 512 g/mol. The number of rotatable bonds is 11. The van der Waals surface area contributed by atoms with E-state index in [9.17, 15) is 10.1 Å². The van der Waals surface area contributed by atoms with Gasteiger partial charge >= 0.3 is 0 Å². The highest BCUT2D eigenvalue weighted by molar-refractivity contribution is 7.15. The van der Waals surface area contributed by atoms with E-state index in [1.165, 1.54) is 17.4 Å². The van der Waals surface area contributed by atoms with Gasteiger partial charge in [0, 0.05) is 5.92 Å². The molecule has 1 heterocycles. The maximum atomic E-state index is 12.6. The highest BCUT2D eigenvalue weighted by Gasteiger charge is 2.15. The van der Waals surface area contributed by atoms with Gasteiger partial charge in [-0.05, 0) is 42.8 Å². The maximum absolute atomic E-state index is 12.6. The van der Waals surface area contributed by atoms with Crippen molar-refractivity contribution in [2.45, 2.75) is 26.7 Å². The molecule has 8 nitrogen and oxygen atoms in total. The van der Waals surface area contributed by atoms with Gasteiger partial charge in [0.2, 0.25) is 5.13 Å². The van der Waals surface area contributed by atoms with Crippen molar-refractivity contribution in [2.75, 3.05) is 25.1 Å². The first-order chi connectivity index (χ1) is 16.9. The fourth-order valence-corrected chi connectivity index (χ4v) is 3.80. The molecule has 0 radical (unpaired) electrons. The van der Waals surface area contributed by atoms with Crippen LogP contribution in [0.25, 0.3) is 6.08 Å². The second-order valence-electron chi connectivity index (χ2n) is 7.49. The van der Waals surface area contributed by atoms with Gasteiger partial charge in [-0.15, -0.1) is 10.2 Å². The third-order valence-electron chi connectivity index (χ3n) is 4.53. The lowest BCUT2D eigenvalue weighted by Gasteiger charge is -2.13. The average molecular weight is 513 g/mol. The Kier molecular flexibility index (Phi) is 9.47. The number of nitrogens with one attached hydrogen (secondary N) is 1. The topological polar surface area (TPSA) is 106 Å². The van der Waals surface area contributed by atoms with Gasteiger partial charge in [0.05, 0.1) is 11.6 Å². The maximum Gasteiger partial charge on any atom is 0.268 e. The number of carbonyl (C=O) groups excluding carboxylic acids is 1. The van der Waals surface area contributed by atoms with Crippen LogP contribution in [0.15, 0.2) is 48.0 Å². The van der Waals surface area contributed by atoms with Crippen molar-refractivity contribution < 1.29 is 19.0 Å². The molecular formula is C25H25ClN4O4S. The largest absolute Gasteiger partial charge is 0.490 e. The zero-order chi connectivity index (χ0) is 25.2. The van der Waals surface area contributed by atoms with Crippen LogP contribution in [0.4, 0.5) is 5.13 Å². The van der Waals surface area contributed by atoms with Gasteiger partial charge < -0.3 is 14.2 Å². The number of benzene rings is 2. The van der Waals surface area contributed by atoms with E-state index >= 15 is 0 Å². The molecule has 0 aliphatic rings. The molecule has 0 fully saturated rings. The van der Waals surface area contributed by atoms with E-state index in [-0.39, 0.29) is 18.1 Å². The van der Waals surface area contributed by atoms with Gasteiger partial charge in [-0.2, -0.15) is 5.26 Å². The number of nitriles is 1. The van der Waals surface area contributed by atoms with Crippen LogP contribution in [0.3, 0.4) is 0 Å². The number of hydrogen-bond donors (Lipinski definition) is 1. The lowest BCUT2D eigenvalue weighted by molar-refractivity contribution is -0.112. The molecule has 2 aromatic carbocycles. The minimum atomic E-state index is -0.561. The molecule has 10 heteroatoms. The molecule has 3 aromatic rings. The third kappa shape index (κ3) is 7.44. The molecule has 182 valence electrons. The van der Waals surface area contributed by atoms with E-state index in [0.717, 1.165) is 5.01 Å². The van der Waals surface area contributed by atoms with Crippen LogP contribution in [-0.4, -0.2) is 35.9 Å². The van der Waals surface area contributed by atoms with Crippen LogP contribution in [0, 0.1) is 11.3 Å². The van der Waals surface area contributed by atoms with Gasteiger partial charge in [-0.1, -0.05) is 55.0 Å². The molecule has 0 atom stereocenters. The van der Waals surface area contributed by atoms with Crippen LogP contribution >= 0.6 is 22.9 Å². The molecule has 0 spiro atoms. The number of amides is 1. The minimum Gasteiger partial charge on any atom is -0.490 e. The fraction of sp³-hybridized carbons (Fsp3) is 0.280. The molecule has 0 saturated carbocycles.